The zero-order valence-corrected chi connectivity index (χ0v) is 11.1. The zero-order chi connectivity index (χ0) is 13.4. The van der Waals surface area contributed by atoms with Crippen molar-refractivity contribution in [1.82, 2.24) is 0 Å². The molecule has 0 aliphatic carbocycles. The standard InChI is InChI=1S/C17H16O2/c1-11-7-12(2)9-14(8-11)17(18)16-10-13-5-3-4-6-15(13)19-16/h3-10,17-18H,1-2H3. The first kappa shape index (κ1) is 12.0. The first-order valence-corrected chi connectivity index (χ1v) is 6.38. The Morgan fingerprint density at radius 1 is 0.947 bits per heavy atom. The molecule has 19 heavy (non-hydrogen) atoms. The molecule has 2 nitrogen and oxygen atoms in total. The molecule has 0 amide bonds. The maximum atomic E-state index is 10.4. The summed E-state index contributed by atoms with van der Waals surface area (Å²) in [5, 5.41) is 11.5. The molecule has 0 aliphatic rings. The number of aryl methyl sites for hydroxylation is 2. The second-order valence-corrected chi connectivity index (χ2v) is 5.01. The van der Waals surface area contributed by atoms with Crippen LogP contribution in [-0.2, 0) is 0 Å². The Labute approximate surface area is 112 Å². The monoisotopic (exact) mass is 252 g/mol. The topological polar surface area (TPSA) is 33.4 Å². The Morgan fingerprint density at radius 2 is 1.63 bits per heavy atom. The van der Waals surface area contributed by atoms with Gasteiger partial charge in [-0.25, -0.2) is 0 Å². The smallest absolute Gasteiger partial charge is 0.138 e. The molecule has 3 aromatic rings. The summed E-state index contributed by atoms with van der Waals surface area (Å²) in [4.78, 5) is 0. The van der Waals surface area contributed by atoms with E-state index < -0.39 is 6.10 Å². The number of aliphatic hydroxyl groups is 1. The number of rotatable bonds is 2. The van der Waals surface area contributed by atoms with Crippen molar-refractivity contribution in [1.29, 1.82) is 0 Å². The van der Waals surface area contributed by atoms with Gasteiger partial charge in [0.2, 0.25) is 0 Å². The van der Waals surface area contributed by atoms with E-state index in [0.717, 1.165) is 27.7 Å². The highest BCUT2D eigenvalue weighted by Gasteiger charge is 2.16. The van der Waals surface area contributed by atoms with Gasteiger partial charge >= 0.3 is 0 Å². The van der Waals surface area contributed by atoms with Crippen molar-refractivity contribution in [2.75, 3.05) is 0 Å². The molecule has 0 saturated heterocycles. The largest absolute Gasteiger partial charge is 0.458 e. The first-order chi connectivity index (χ1) is 9.13. The van der Waals surface area contributed by atoms with Gasteiger partial charge in [-0.3, -0.25) is 0 Å². The van der Waals surface area contributed by atoms with Gasteiger partial charge in [0.05, 0.1) is 0 Å². The van der Waals surface area contributed by atoms with Crippen LogP contribution in [-0.4, -0.2) is 5.11 Å². The minimum absolute atomic E-state index is 0.589. The molecule has 0 bridgehead atoms. The maximum absolute atomic E-state index is 10.4. The minimum Gasteiger partial charge on any atom is -0.458 e. The third-order valence-electron chi connectivity index (χ3n) is 3.27. The molecule has 1 N–H and O–H groups in total. The van der Waals surface area contributed by atoms with Crippen LogP contribution in [0.1, 0.15) is 28.6 Å². The number of benzene rings is 2. The first-order valence-electron chi connectivity index (χ1n) is 6.38. The molecule has 3 rings (SSSR count). The molecule has 0 radical (unpaired) electrons. The molecule has 1 aromatic heterocycles. The molecule has 0 saturated carbocycles. The summed E-state index contributed by atoms with van der Waals surface area (Å²) >= 11 is 0. The highest BCUT2D eigenvalue weighted by atomic mass is 16.4. The summed E-state index contributed by atoms with van der Waals surface area (Å²) in [7, 11) is 0. The van der Waals surface area contributed by atoms with Gasteiger partial charge in [0.15, 0.2) is 0 Å². The Morgan fingerprint density at radius 3 is 2.32 bits per heavy atom. The third kappa shape index (κ3) is 2.27. The van der Waals surface area contributed by atoms with E-state index in [4.69, 9.17) is 4.42 Å². The van der Waals surface area contributed by atoms with Crippen LogP contribution in [0.5, 0.6) is 0 Å². The molecule has 1 unspecified atom stereocenters. The molecule has 1 heterocycles. The van der Waals surface area contributed by atoms with E-state index in [-0.39, 0.29) is 0 Å². The lowest BCUT2D eigenvalue weighted by atomic mass is 10.0. The SMILES string of the molecule is Cc1cc(C)cc(C(O)c2cc3ccccc3o2)c1. The Kier molecular flexibility index (Phi) is 2.88. The number of hydrogen-bond donors (Lipinski definition) is 1. The lowest BCUT2D eigenvalue weighted by Gasteiger charge is -2.10. The lowest BCUT2D eigenvalue weighted by molar-refractivity contribution is 0.192. The fraction of sp³-hybridized carbons (Fsp3) is 0.176. The van der Waals surface area contributed by atoms with Crippen molar-refractivity contribution in [2.24, 2.45) is 0 Å². The number of hydrogen-bond acceptors (Lipinski definition) is 2. The number of furan rings is 1. The van der Waals surface area contributed by atoms with Crippen LogP contribution >= 0.6 is 0 Å². The molecule has 1 atom stereocenters. The Balaban J connectivity index is 2.05. The van der Waals surface area contributed by atoms with Crippen LogP contribution in [0, 0.1) is 13.8 Å². The van der Waals surface area contributed by atoms with E-state index in [1.54, 1.807) is 0 Å². The quantitative estimate of drug-likeness (QED) is 0.744. The van der Waals surface area contributed by atoms with E-state index in [9.17, 15) is 5.11 Å². The molecule has 0 aliphatic heterocycles. The average molecular weight is 252 g/mol. The van der Waals surface area contributed by atoms with Crippen molar-refractivity contribution < 1.29 is 9.52 Å². The van der Waals surface area contributed by atoms with Crippen LogP contribution in [0.25, 0.3) is 11.0 Å². The summed E-state index contributed by atoms with van der Waals surface area (Å²) < 4.78 is 5.71. The van der Waals surface area contributed by atoms with Crippen LogP contribution in [0.3, 0.4) is 0 Å². The molecule has 2 aromatic carbocycles. The van der Waals surface area contributed by atoms with E-state index in [0.29, 0.717) is 5.76 Å². The van der Waals surface area contributed by atoms with Crippen molar-refractivity contribution in [3.8, 4) is 0 Å². The van der Waals surface area contributed by atoms with Crippen molar-refractivity contribution in [2.45, 2.75) is 20.0 Å². The fourth-order valence-electron chi connectivity index (χ4n) is 2.47. The summed E-state index contributed by atoms with van der Waals surface area (Å²) in [5.41, 5.74) is 3.97. The van der Waals surface area contributed by atoms with E-state index >= 15 is 0 Å². The van der Waals surface area contributed by atoms with Gasteiger partial charge < -0.3 is 9.52 Å². The van der Waals surface area contributed by atoms with Gasteiger partial charge in [-0.1, -0.05) is 47.5 Å². The second kappa shape index (κ2) is 4.56. The number of aliphatic hydroxyl groups excluding tert-OH is 1. The number of fused-ring (bicyclic) bond motifs is 1. The lowest BCUT2D eigenvalue weighted by Crippen LogP contribution is -1.99. The van der Waals surface area contributed by atoms with Crippen LogP contribution in [0.2, 0.25) is 0 Å². The van der Waals surface area contributed by atoms with Crippen molar-refractivity contribution >= 4 is 11.0 Å². The Hall–Kier alpha value is -2.06. The second-order valence-electron chi connectivity index (χ2n) is 5.01. The summed E-state index contributed by atoms with van der Waals surface area (Å²) in [5.74, 6) is 0.589. The third-order valence-corrected chi connectivity index (χ3v) is 3.27. The summed E-state index contributed by atoms with van der Waals surface area (Å²) in [6.45, 7) is 4.06. The van der Waals surface area contributed by atoms with Crippen molar-refractivity contribution in [3.63, 3.8) is 0 Å². The predicted octanol–water partition coefficient (Wildman–Crippen LogP) is 4.13. The Bertz CT molecular complexity index is 672. The van der Waals surface area contributed by atoms with Gasteiger partial charge in [-0.05, 0) is 31.5 Å². The van der Waals surface area contributed by atoms with Crippen molar-refractivity contribution in [3.05, 3.63) is 71.0 Å². The molecular formula is C17H16O2. The van der Waals surface area contributed by atoms with Gasteiger partial charge in [0.25, 0.3) is 0 Å². The van der Waals surface area contributed by atoms with E-state index in [1.807, 2.05) is 56.3 Å². The van der Waals surface area contributed by atoms with E-state index in [1.165, 1.54) is 0 Å². The molecule has 96 valence electrons. The minimum atomic E-state index is -0.717. The molecule has 2 heteroatoms. The summed E-state index contributed by atoms with van der Waals surface area (Å²) in [6.07, 6.45) is -0.717. The summed E-state index contributed by atoms with van der Waals surface area (Å²) in [6, 6.07) is 15.8. The number of para-hydroxylation sites is 1. The molecule has 0 fully saturated rings. The fourth-order valence-corrected chi connectivity index (χ4v) is 2.47. The zero-order valence-electron chi connectivity index (χ0n) is 11.1. The highest BCUT2D eigenvalue weighted by molar-refractivity contribution is 5.77. The molecule has 0 spiro atoms. The van der Waals surface area contributed by atoms with Crippen LogP contribution in [0.4, 0.5) is 0 Å². The van der Waals surface area contributed by atoms with Crippen LogP contribution < -0.4 is 0 Å². The van der Waals surface area contributed by atoms with Gasteiger partial charge in [-0.15, -0.1) is 0 Å². The predicted molar refractivity (Wildman–Crippen MR) is 76.2 cm³/mol. The van der Waals surface area contributed by atoms with Gasteiger partial charge in [-0.2, -0.15) is 0 Å². The average Bonchev–Trinajstić information content (AvgIpc) is 2.80. The van der Waals surface area contributed by atoms with E-state index in [2.05, 4.69) is 6.07 Å². The highest BCUT2D eigenvalue weighted by Crippen LogP contribution is 2.29. The van der Waals surface area contributed by atoms with Gasteiger partial charge in [0, 0.05) is 5.39 Å². The molecular weight excluding hydrogens is 236 g/mol. The van der Waals surface area contributed by atoms with Gasteiger partial charge in [0.1, 0.15) is 17.4 Å². The van der Waals surface area contributed by atoms with Crippen LogP contribution in [0.15, 0.2) is 52.9 Å². The maximum Gasteiger partial charge on any atom is 0.138 e. The normalized spacial score (nSPS) is 12.8.